The number of Topliss-reactive ketones (excluding diaryl/α,β-unsaturated/α-hetero) is 1. The van der Waals surface area contributed by atoms with Crippen LogP contribution >= 0.6 is 11.3 Å². The number of carbonyl (C=O) groups is 4. The molecule has 3 atom stereocenters. The van der Waals surface area contributed by atoms with Gasteiger partial charge in [0.1, 0.15) is 12.1 Å². The predicted octanol–water partition coefficient (Wildman–Crippen LogP) is 2.81. The number of benzene rings is 1. The maximum atomic E-state index is 13.9. The molecule has 5 rings (SSSR count). The van der Waals surface area contributed by atoms with Crippen molar-refractivity contribution in [3.8, 4) is 0 Å². The number of fused-ring (bicyclic) bond motifs is 1. The highest BCUT2D eigenvalue weighted by Crippen LogP contribution is 2.33. The highest BCUT2D eigenvalue weighted by Gasteiger charge is 2.55. The average Bonchev–Trinajstić information content (AvgIpc) is 3.71. The molecule has 42 heavy (non-hydrogen) atoms. The fourth-order valence-corrected chi connectivity index (χ4v) is 7.73. The van der Waals surface area contributed by atoms with E-state index in [0.29, 0.717) is 5.56 Å². The Morgan fingerprint density at radius 2 is 1.81 bits per heavy atom. The molecule has 0 radical (unpaired) electrons. The third kappa shape index (κ3) is 5.79. The van der Waals surface area contributed by atoms with E-state index in [0.717, 1.165) is 20.9 Å². The number of amides is 2. The first-order valence-corrected chi connectivity index (χ1v) is 15.9. The standard InChI is InChI=1S/C30H32N4O6S2/c1-30(2,3)21-10-8-19(9-11-21)27(36)32-23(16-22-7-5-15-41-22)28(37)33-14-12-24-26(33)25(35)18-34(24)42(39,40)29(38)20-6-4-13-31-17-20/h4-11,13,15,17,23-24,26H,12,14,16,18H2,1-3H3,(H,32,36). The highest BCUT2D eigenvalue weighted by atomic mass is 32.2. The molecule has 2 amide bonds. The number of pyridine rings is 1. The summed E-state index contributed by atoms with van der Waals surface area (Å²) >= 11 is 1.44. The molecule has 0 aliphatic carbocycles. The number of aromatic nitrogens is 1. The Hall–Kier alpha value is -3.74. The van der Waals surface area contributed by atoms with Crippen molar-refractivity contribution in [1.82, 2.24) is 19.5 Å². The monoisotopic (exact) mass is 608 g/mol. The van der Waals surface area contributed by atoms with E-state index in [1.165, 1.54) is 34.6 Å². The number of rotatable bonds is 7. The quantitative estimate of drug-likeness (QED) is 0.436. The molecule has 220 valence electrons. The minimum absolute atomic E-state index is 0.0866. The molecular weight excluding hydrogens is 576 g/mol. The number of nitrogens with zero attached hydrogens (tertiary/aromatic N) is 3. The first-order chi connectivity index (χ1) is 19.9. The summed E-state index contributed by atoms with van der Waals surface area (Å²) in [6, 6.07) is 10.8. The molecule has 2 aliphatic heterocycles. The van der Waals surface area contributed by atoms with E-state index < -0.39 is 57.4 Å². The van der Waals surface area contributed by atoms with Crippen molar-refractivity contribution >= 4 is 44.1 Å². The summed E-state index contributed by atoms with van der Waals surface area (Å²) in [7, 11) is -4.53. The van der Waals surface area contributed by atoms with Gasteiger partial charge in [-0.3, -0.25) is 24.2 Å². The number of thiophene rings is 1. The molecule has 1 N–H and O–H groups in total. The molecule has 2 saturated heterocycles. The second kappa shape index (κ2) is 11.5. The second-order valence-electron chi connectivity index (χ2n) is 11.5. The zero-order valence-corrected chi connectivity index (χ0v) is 25.2. The van der Waals surface area contributed by atoms with Gasteiger partial charge in [0.05, 0.1) is 18.2 Å². The zero-order valence-electron chi connectivity index (χ0n) is 23.5. The average molecular weight is 609 g/mol. The van der Waals surface area contributed by atoms with Gasteiger partial charge in [-0.15, -0.1) is 11.3 Å². The van der Waals surface area contributed by atoms with Crippen LogP contribution in [0.3, 0.4) is 0 Å². The Morgan fingerprint density at radius 1 is 1.07 bits per heavy atom. The SMILES string of the molecule is CC(C)(C)c1ccc(C(=O)NC(Cc2cccs2)C(=O)N2CCC3C2C(=O)CN3S(=O)(=O)C(=O)c2cccnc2)cc1. The van der Waals surface area contributed by atoms with Crippen molar-refractivity contribution in [2.75, 3.05) is 13.1 Å². The summed E-state index contributed by atoms with van der Waals surface area (Å²) in [5.74, 6) is -1.36. The molecule has 0 saturated carbocycles. The lowest BCUT2D eigenvalue weighted by atomic mass is 9.86. The summed E-state index contributed by atoms with van der Waals surface area (Å²) < 4.78 is 27.4. The summed E-state index contributed by atoms with van der Waals surface area (Å²) in [5.41, 5.74) is 1.27. The molecule has 2 aliphatic rings. The number of sulfonamides is 1. The van der Waals surface area contributed by atoms with Gasteiger partial charge in [-0.05, 0) is 53.1 Å². The van der Waals surface area contributed by atoms with Crippen molar-refractivity contribution < 1.29 is 27.6 Å². The largest absolute Gasteiger partial charge is 0.340 e. The maximum absolute atomic E-state index is 13.9. The molecule has 3 unspecified atom stereocenters. The number of carbonyl (C=O) groups excluding carboxylic acids is 4. The Morgan fingerprint density at radius 3 is 2.43 bits per heavy atom. The van der Waals surface area contributed by atoms with Gasteiger partial charge >= 0.3 is 0 Å². The normalized spacial score (nSPS) is 19.9. The minimum Gasteiger partial charge on any atom is -0.340 e. The number of ketones is 1. The molecule has 2 fully saturated rings. The van der Waals surface area contributed by atoms with Crippen LogP contribution in [0.5, 0.6) is 0 Å². The summed E-state index contributed by atoms with van der Waals surface area (Å²) in [6.45, 7) is 5.84. The van der Waals surface area contributed by atoms with Gasteiger partial charge in [-0.1, -0.05) is 39.0 Å². The Labute approximate surface area is 248 Å². The van der Waals surface area contributed by atoms with Crippen LogP contribution in [0.2, 0.25) is 0 Å². The lowest BCUT2D eigenvalue weighted by Gasteiger charge is -2.28. The Kier molecular flexibility index (Phi) is 8.15. The fourth-order valence-electron chi connectivity index (χ4n) is 5.47. The van der Waals surface area contributed by atoms with Crippen molar-refractivity contribution in [3.05, 3.63) is 87.9 Å². The first-order valence-electron chi connectivity index (χ1n) is 13.6. The Balaban J connectivity index is 1.36. The van der Waals surface area contributed by atoms with Crippen molar-refractivity contribution in [1.29, 1.82) is 0 Å². The van der Waals surface area contributed by atoms with Gasteiger partial charge in [-0.2, -0.15) is 4.31 Å². The van der Waals surface area contributed by atoms with Crippen LogP contribution in [0.1, 0.15) is 58.3 Å². The molecular formula is C30H32N4O6S2. The molecule has 3 aromatic rings. The van der Waals surface area contributed by atoms with Gasteiger partial charge in [0.15, 0.2) is 5.78 Å². The fraction of sp³-hybridized carbons (Fsp3) is 0.367. The second-order valence-corrected chi connectivity index (χ2v) is 14.3. The first kappa shape index (κ1) is 29.7. The van der Waals surface area contributed by atoms with E-state index in [-0.39, 0.29) is 30.4 Å². The highest BCUT2D eigenvalue weighted by molar-refractivity contribution is 8.04. The molecule has 1 aromatic carbocycles. The lowest BCUT2D eigenvalue weighted by Crippen LogP contribution is -2.53. The molecule has 10 nitrogen and oxygen atoms in total. The van der Waals surface area contributed by atoms with E-state index in [9.17, 15) is 27.6 Å². The van der Waals surface area contributed by atoms with Gasteiger partial charge in [-0.25, -0.2) is 8.42 Å². The number of hydrogen-bond donors (Lipinski definition) is 1. The van der Waals surface area contributed by atoms with Gasteiger partial charge in [0.2, 0.25) is 5.91 Å². The summed E-state index contributed by atoms with van der Waals surface area (Å²) in [5, 5.41) is 3.58. The predicted molar refractivity (Wildman–Crippen MR) is 158 cm³/mol. The van der Waals surface area contributed by atoms with E-state index in [1.807, 2.05) is 29.6 Å². The summed E-state index contributed by atoms with van der Waals surface area (Å²) in [6.07, 6.45) is 2.99. The minimum atomic E-state index is -4.53. The van der Waals surface area contributed by atoms with Crippen LogP contribution in [0.15, 0.2) is 66.3 Å². The van der Waals surface area contributed by atoms with Crippen LogP contribution in [-0.2, 0) is 31.4 Å². The third-order valence-corrected chi connectivity index (χ3v) is 10.3. The van der Waals surface area contributed by atoms with E-state index in [1.54, 1.807) is 12.1 Å². The number of hydrogen-bond acceptors (Lipinski definition) is 8. The van der Waals surface area contributed by atoms with E-state index >= 15 is 0 Å². The Bertz CT molecular complexity index is 1600. The van der Waals surface area contributed by atoms with Crippen LogP contribution in [0.4, 0.5) is 0 Å². The third-order valence-electron chi connectivity index (χ3n) is 7.70. The van der Waals surface area contributed by atoms with Gasteiger partial charge in [0, 0.05) is 35.8 Å². The maximum Gasteiger partial charge on any atom is 0.293 e. The van der Waals surface area contributed by atoms with Crippen LogP contribution in [-0.4, -0.2) is 76.5 Å². The van der Waals surface area contributed by atoms with Crippen LogP contribution in [0, 0.1) is 0 Å². The van der Waals surface area contributed by atoms with Crippen molar-refractivity contribution in [2.45, 2.75) is 57.2 Å². The molecule has 0 bridgehead atoms. The number of likely N-dealkylation sites (tertiary alicyclic amines) is 1. The molecule has 12 heteroatoms. The van der Waals surface area contributed by atoms with E-state index in [2.05, 4.69) is 31.1 Å². The summed E-state index contributed by atoms with van der Waals surface area (Å²) in [4.78, 5) is 59.3. The van der Waals surface area contributed by atoms with Gasteiger partial charge in [0.25, 0.3) is 21.0 Å². The molecule has 4 heterocycles. The smallest absolute Gasteiger partial charge is 0.293 e. The molecule has 2 aromatic heterocycles. The zero-order chi connectivity index (χ0) is 30.2. The van der Waals surface area contributed by atoms with Crippen LogP contribution < -0.4 is 5.32 Å². The number of nitrogens with one attached hydrogen (secondary N) is 1. The van der Waals surface area contributed by atoms with Gasteiger partial charge < -0.3 is 10.2 Å². The van der Waals surface area contributed by atoms with E-state index in [4.69, 9.17) is 0 Å². The van der Waals surface area contributed by atoms with Crippen molar-refractivity contribution in [3.63, 3.8) is 0 Å². The lowest BCUT2D eigenvalue weighted by molar-refractivity contribution is -0.138. The topological polar surface area (TPSA) is 134 Å². The van der Waals surface area contributed by atoms with Crippen molar-refractivity contribution in [2.24, 2.45) is 0 Å². The van der Waals surface area contributed by atoms with Crippen LogP contribution in [0.25, 0.3) is 0 Å². The molecule has 0 spiro atoms.